The van der Waals surface area contributed by atoms with Gasteiger partial charge in [-0.2, -0.15) is 33.7 Å². The van der Waals surface area contributed by atoms with Crippen LogP contribution in [0.3, 0.4) is 0 Å². The van der Waals surface area contributed by atoms with Crippen LogP contribution in [0.15, 0.2) is 203 Å². The van der Waals surface area contributed by atoms with Gasteiger partial charge in [-0.15, -0.1) is 0 Å². The average Bonchev–Trinajstić information content (AvgIpc) is 3.38. The summed E-state index contributed by atoms with van der Waals surface area (Å²) in [6.45, 7) is 6.92. The van der Waals surface area contributed by atoms with Crippen LogP contribution in [0.4, 0.5) is 32.3 Å². The van der Waals surface area contributed by atoms with Gasteiger partial charge in [-0.3, -0.25) is 0 Å². The van der Waals surface area contributed by atoms with Crippen molar-refractivity contribution >= 4 is 75.3 Å². The van der Waals surface area contributed by atoms with Crippen LogP contribution in [0.5, 0.6) is 23.0 Å². The summed E-state index contributed by atoms with van der Waals surface area (Å²) >= 11 is 0. The number of urea groups is 2. The Morgan fingerprint density at radius 2 is 0.658 bits per heavy atom. The van der Waals surface area contributed by atoms with Crippen LogP contribution in [0, 0.1) is 0 Å². The highest BCUT2D eigenvalue weighted by Gasteiger charge is 2.40. The third-order valence-corrected chi connectivity index (χ3v) is 18.3. The highest BCUT2D eigenvalue weighted by Crippen LogP contribution is 2.34. The Hall–Kier alpha value is -8.18. The highest BCUT2D eigenvalue weighted by atomic mass is 32.2. The van der Waals surface area contributed by atoms with E-state index >= 15 is 0 Å². The molecular formula is C54H50N4O14S4. The standard InChI is InChI=1S/C54H50N4O14S4/c1-37-29-33-53(3,34-30-37)75(65,66)71-47-21-13-43(14-22-47)57-51(59)55-41-9-17-45(18-10-41)69-73(61,62)49-25-5-39(6-26-49)40-7-27-50(28-8-40)74(63,64)70-46-19-11-42(12-20-46)56-52(60)58-44-15-23-48(24-16-44)72-76(67,68)54(4)35-31-38(2)32-36-54/h5-33,35H,34,36H2,1-4H3,(H2,55,57,59)(H2,56,58,60). The Morgan fingerprint density at radius 3 is 0.908 bits per heavy atom. The number of anilines is 4. The van der Waals surface area contributed by atoms with Crippen LogP contribution in [0.25, 0.3) is 11.1 Å². The van der Waals surface area contributed by atoms with E-state index in [4.69, 9.17) is 16.7 Å². The lowest BCUT2D eigenvalue weighted by Gasteiger charge is -2.26. The van der Waals surface area contributed by atoms with E-state index < -0.39 is 62.0 Å². The molecule has 2 unspecified atom stereocenters. The van der Waals surface area contributed by atoms with Crippen LogP contribution in [-0.2, 0) is 40.5 Å². The highest BCUT2D eigenvalue weighted by molar-refractivity contribution is 7.89. The van der Waals surface area contributed by atoms with E-state index in [1.807, 2.05) is 26.0 Å². The summed E-state index contributed by atoms with van der Waals surface area (Å²) in [6, 6.07) is 33.0. The molecule has 2 aliphatic rings. The maximum absolute atomic E-state index is 13.2. The van der Waals surface area contributed by atoms with E-state index in [1.54, 1.807) is 38.2 Å². The van der Waals surface area contributed by atoms with E-state index in [0.717, 1.165) is 11.1 Å². The molecule has 0 radical (unpaired) electrons. The van der Waals surface area contributed by atoms with Gasteiger partial charge in [-0.25, -0.2) is 9.59 Å². The predicted octanol–water partition coefficient (Wildman–Crippen LogP) is 10.9. The molecule has 0 fully saturated rings. The van der Waals surface area contributed by atoms with E-state index in [9.17, 15) is 43.3 Å². The van der Waals surface area contributed by atoms with Crippen molar-refractivity contribution in [2.24, 2.45) is 0 Å². The quantitative estimate of drug-likeness (QED) is 0.0620. The first kappa shape index (κ1) is 54.1. The summed E-state index contributed by atoms with van der Waals surface area (Å²) in [7, 11) is -16.6. The molecule has 0 spiro atoms. The number of carbonyl (C=O) groups is 2. The summed E-state index contributed by atoms with van der Waals surface area (Å²) in [5.74, 6) is 0.0981. The molecule has 0 saturated carbocycles. The molecular weight excluding hydrogens is 1060 g/mol. The molecule has 22 heteroatoms. The van der Waals surface area contributed by atoms with Crippen molar-refractivity contribution in [3.05, 3.63) is 193 Å². The Balaban J connectivity index is 0.782. The molecule has 0 aliphatic heterocycles. The Labute approximate surface area is 441 Å². The number of carbonyl (C=O) groups excluding carboxylic acids is 2. The maximum atomic E-state index is 13.2. The lowest BCUT2D eigenvalue weighted by Crippen LogP contribution is -2.37. The van der Waals surface area contributed by atoms with Crippen LogP contribution in [-0.4, -0.2) is 55.2 Å². The molecule has 2 aliphatic carbocycles. The van der Waals surface area contributed by atoms with Crippen molar-refractivity contribution in [1.29, 1.82) is 0 Å². The smallest absolute Gasteiger partial charge is 0.339 e. The van der Waals surface area contributed by atoms with Crippen molar-refractivity contribution in [3.63, 3.8) is 0 Å². The monoisotopic (exact) mass is 1110 g/mol. The van der Waals surface area contributed by atoms with Crippen molar-refractivity contribution in [1.82, 2.24) is 0 Å². The van der Waals surface area contributed by atoms with Gasteiger partial charge in [0.1, 0.15) is 42.3 Å². The Bertz CT molecular complexity index is 3500. The van der Waals surface area contributed by atoms with E-state index in [-0.39, 0.29) is 45.6 Å². The van der Waals surface area contributed by atoms with Gasteiger partial charge in [0.05, 0.1) is 0 Å². The number of hydrogen-bond acceptors (Lipinski definition) is 14. The summed E-state index contributed by atoms with van der Waals surface area (Å²) in [4.78, 5) is 25.1. The number of nitrogens with one attached hydrogen (secondary N) is 4. The zero-order valence-electron chi connectivity index (χ0n) is 41.1. The minimum Gasteiger partial charge on any atom is -0.382 e. The van der Waals surface area contributed by atoms with Crippen LogP contribution in [0.1, 0.15) is 40.5 Å². The third kappa shape index (κ3) is 13.0. The molecule has 0 aromatic heterocycles. The molecule has 8 rings (SSSR count). The fraction of sp³-hybridized carbons (Fsp3) is 0.148. The van der Waals surface area contributed by atoms with E-state index in [0.29, 0.717) is 33.9 Å². The molecule has 6 aromatic rings. The van der Waals surface area contributed by atoms with Crippen molar-refractivity contribution < 1.29 is 60.0 Å². The zero-order chi connectivity index (χ0) is 54.5. The molecule has 4 amide bonds. The SMILES string of the molecule is CC1=CCC(C)(S(=O)(=O)Oc2ccc(NC(=O)Nc3ccc(OS(=O)(=O)c4ccc(-c5ccc(S(=O)(=O)Oc6ccc(NC(=O)Nc7ccc(OS(=O)(=O)C8(C)C=CC(C)=CC8)cc7)cc6)cc5)cc4)cc3)cc2)C=C1. The van der Waals surface area contributed by atoms with Crippen molar-refractivity contribution in [3.8, 4) is 34.1 Å². The van der Waals surface area contributed by atoms with Crippen LogP contribution >= 0.6 is 0 Å². The first-order chi connectivity index (χ1) is 35.9. The maximum Gasteiger partial charge on any atom is 0.339 e. The molecule has 18 nitrogen and oxygen atoms in total. The van der Waals surface area contributed by atoms with Crippen molar-refractivity contribution in [2.75, 3.05) is 21.3 Å². The topological polar surface area (TPSA) is 256 Å². The van der Waals surface area contributed by atoms with Crippen LogP contribution < -0.4 is 38.0 Å². The molecule has 6 aromatic carbocycles. The second-order valence-electron chi connectivity index (χ2n) is 18.1. The lowest BCUT2D eigenvalue weighted by atomic mass is 9.98. The molecule has 0 saturated heterocycles. The van der Waals surface area contributed by atoms with E-state index in [2.05, 4.69) is 21.3 Å². The summed E-state index contributed by atoms with van der Waals surface area (Å²) < 4.78 is 124. The molecule has 0 bridgehead atoms. The first-order valence-electron chi connectivity index (χ1n) is 23.1. The second kappa shape index (κ2) is 21.6. The molecule has 2 atom stereocenters. The number of amides is 4. The Kier molecular flexibility index (Phi) is 15.4. The van der Waals surface area contributed by atoms with Gasteiger partial charge in [0.25, 0.3) is 0 Å². The van der Waals surface area contributed by atoms with E-state index in [1.165, 1.54) is 146 Å². The summed E-state index contributed by atoms with van der Waals surface area (Å²) in [5.41, 5.74) is 4.40. The van der Waals surface area contributed by atoms with Gasteiger partial charge in [-0.1, -0.05) is 71.9 Å². The third-order valence-electron chi connectivity index (χ3n) is 12.1. The molecule has 394 valence electrons. The average molecular weight is 1110 g/mol. The van der Waals surface area contributed by atoms with Gasteiger partial charge in [0.15, 0.2) is 0 Å². The normalized spacial score (nSPS) is 17.5. The number of allylic oxidation sites excluding steroid dienone is 6. The number of rotatable bonds is 17. The second-order valence-corrected chi connectivity index (χ2v) is 25.2. The van der Waals surface area contributed by atoms with Gasteiger partial charge in [0.2, 0.25) is 0 Å². The fourth-order valence-electron chi connectivity index (χ4n) is 7.37. The van der Waals surface area contributed by atoms with Gasteiger partial charge >= 0.3 is 52.5 Å². The minimum absolute atomic E-state index is 0.0290. The minimum atomic E-state index is -4.30. The summed E-state index contributed by atoms with van der Waals surface area (Å²) in [5, 5.41) is 10.5. The predicted molar refractivity (Wildman–Crippen MR) is 289 cm³/mol. The molecule has 0 heterocycles. The lowest BCUT2D eigenvalue weighted by molar-refractivity contribution is 0.261. The van der Waals surface area contributed by atoms with Gasteiger partial charge in [-0.05, 0) is 173 Å². The summed E-state index contributed by atoms with van der Waals surface area (Å²) in [6.07, 6.45) is 10.9. The number of hydrogen-bond donors (Lipinski definition) is 4. The van der Waals surface area contributed by atoms with Gasteiger partial charge in [0, 0.05) is 22.7 Å². The largest absolute Gasteiger partial charge is 0.382 e. The molecule has 76 heavy (non-hydrogen) atoms. The molecule has 4 N–H and O–H groups in total. The Morgan fingerprint density at radius 1 is 0.395 bits per heavy atom. The zero-order valence-corrected chi connectivity index (χ0v) is 44.3. The fourth-order valence-corrected chi connectivity index (χ4v) is 11.4. The van der Waals surface area contributed by atoms with Gasteiger partial charge < -0.3 is 38.0 Å². The van der Waals surface area contributed by atoms with Crippen molar-refractivity contribution in [2.45, 2.75) is 59.8 Å². The van der Waals surface area contributed by atoms with Crippen LogP contribution in [0.2, 0.25) is 0 Å². The first-order valence-corrected chi connectivity index (χ1v) is 28.8. The number of benzene rings is 6.